The summed E-state index contributed by atoms with van der Waals surface area (Å²) < 4.78 is 0. The van der Waals surface area contributed by atoms with E-state index in [-0.39, 0.29) is 0 Å². The molecule has 0 saturated carbocycles. The molecule has 0 fully saturated rings. The fourth-order valence-electron chi connectivity index (χ4n) is 0.510. The Morgan fingerprint density at radius 1 is 1.62 bits per heavy atom. The van der Waals surface area contributed by atoms with Crippen molar-refractivity contribution in [2.45, 2.75) is 13.8 Å². The van der Waals surface area contributed by atoms with Gasteiger partial charge in [-0.15, -0.1) is 0 Å². The molecule has 13 heavy (non-hydrogen) atoms. The molecule has 0 aromatic rings. The van der Waals surface area contributed by atoms with Gasteiger partial charge in [-0.3, -0.25) is 9.63 Å². The maximum atomic E-state index is 10.9. The van der Waals surface area contributed by atoms with Crippen LogP contribution >= 0.6 is 0 Å². The van der Waals surface area contributed by atoms with Gasteiger partial charge in [0.1, 0.15) is 0 Å². The van der Waals surface area contributed by atoms with Crippen molar-refractivity contribution in [1.29, 1.82) is 0 Å². The summed E-state index contributed by atoms with van der Waals surface area (Å²) in [5.74, 6) is -0.510. The monoisotopic (exact) mass is 183 g/mol. The quantitative estimate of drug-likeness (QED) is 0.211. The predicted molar refractivity (Wildman–Crippen MR) is 47.8 cm³/mol. The molecule has 0 rings (SSSR count). The molecule has 0 spiro atoms. The van der Waals surface area contributed by atoms with Crippen molar-refractivity contribution < 1.29 is 14.4 Å². The smallest absolute Gasteiger partial charge is 0.351 e. The third kappa shape index (κ3) is 5.78. The summed E-state index contributed by atoms with van der Waals surface area (Å²) in [4.78, 5) is 18.5. The maximum Gasteiger partial charge on any atom is 0.351 e. The SMILES string of the molecule is CC(C)=CCON(C)C(=O)C=[N+]=[N-]. The highest BCUT2D eigenvalue weighted by Gasteiger charge is 2.08. The van der Waals surface area contributed by atoms with E-state index in [0.29, 0.717) is 6.61 Å². The molecule has 1 amide bonds. The van der Waals surface area contributed by atoms with Crippen LogP contribution in [0.2, 0.25) is 0 Å². The summed E-state index contributed by atoms with van der Waals surface area (Å²) in [7, 11) is 1.45. The van der Waals surface area contributed by atoms with Gasteiger partial charge in [0.2, 0.25) is 0 Å². The first-order valence-electron chi connectivity index (χ1n) is 3.79. The topological polar surface area (TPSA) is 65.9 Å². The van der Waals surface area contributed by atoms with Crippen LogP contribution in [-0.2, 0) is 9.63 Å². The van der Waals surface area contributed by atoms with E-state index in [4.69, 9.17) is 10.4 Å². The summed E-state index contributed by atoms with van der Waals surface area (Å²) in [6.45, 7) is 4.19. The van der Waals surface area contributed by atoms with Gasteiger partial charge in [0.25, 0.3) is 0 Å². The molecule has 0 heterocycles. The minimum Gasteiger partial charge on any atom is -0.361 e. The van der Waals surface area contributed by atoms with Gasteiger partial charge < -0.3 is 5.53 Å². The highest BCUT2D eigenvalue weighted by molar-refractivity contribution is 6.23. The van der Waals surface area contributed by atoms with Gasteiger partial charge in [0, 0.05) is 7.05 Å². The highest BCUT2D eigenvalue weighted by atomic mass is 16.7. The van der Waals surface area contributed by atoms with Crippen LogP contribution in [0.15, 0.2) is 11.6 Å². The van der Waals surface area contributed by atoms with Crippen molar-refractivity contribution in [3.8, 4) is 0 Å². The van der Waals surface area contributed by atoms with Crippen LogP contribution in [0.3, 0.4) is 0 Å². The number of allylic oxidation sites excluding steroid dienone is 1. The fraction of sp³-hybridized carbons (Fsp3) is 0.500. The van der Waals surface area contributed by atoms with Gasteiger partial charge in [-0.05, 0) is 13.8 Å². The molecule has 0 saturated heterocycles. The van der Waals surface area contributed by atoms with E-state index < -0.39 is 5.91 Å². The van der Waals surface area contributed by atoms with Gasteiger partial charge in [-0.25, -0.2) is 5.06 Å². The molecule has 0 aliphatic rings. The van der Waals surface area contributed by atoms with Crippen LogP contribution in [0.4, 0.5) is 0 Å². The molecular weight excluding hydrogens is 170 g/mol. The number of nitrogens with zero attached hydrogens (tertiary/aromatic N) is 3. The summed E-state index contributed by atoms with van der Waals surface area (Å²) >= 11 is 0. The second-order valence-electron chi connectivity index (χ2n) is 2.66. The lowest BCUT2D eigenvalue weighted by Gasteiger charge is -2.10. The lowest BCUT2D eigenvalue weighted by molar-refractivity contribution is -0.168. The second-order valence-corrected chi connectivity index (χ2v) is 2.66. The summed E-state index contributed by atoms with van der Waals surface area (Å²) in [5.41, 5.74) is 9.16. The number of hydrogen-bond donors (Lipinski definition) is 0. The molecule has 0 bridgehead atoms. The first-order valence-corrected chi connectivity index (χ1v) is 3.79. The zero-order chi connectivity index (χ0) is 10.3. The molecule has 0 radical (unpaired) electrons. The zero-order valence-electron chi connectivity index (χ0n) is 8.02. The highest BCUT2D eigenvalue weighted by Crippen LogP contribution is 1.90. The molecule has 5 heteroatoms. The Morgan fingerprint density at radius 3 is 2.69 bits per heavy atom. The molecule has 0 aromatic carbocycles. The standard InChI is InChI=1S/C8H13N3O2/c1-7(2)4-5-13-11(3)8(12)6-10-9/h4,6H,5H2,1-3H3. The van der Waals surface area contributed by atoms with E-state index in [1.807, 2.05) is 19.9 Å². The van der Waals surface area contributed by atoms with Gasteiger partial charge in [-0.1, -0.05) is 11.6 Å². The fourth-order valence-corrected chi connectivity index (χ4v) is 0.510. The van der Waals surface area contributed by atoms with Crippen molar-refractivity contribution in [1.82, 2.24) is 5.06 Å². The Balaban J connectivity index is 3.87. The van der Waals surface area contributed by atoms with E-state index in [9.17, 15) is 4.79 Å². The average molecular weight is 183 g/mol. The molecule has 0 unspecified atom stereocenters. The first-order chi connectivity index (χ1) is 6.07. The second kappa shape index (κ2) is 6.11. The Labute approximate surface area is 77.2 Å². The van der Waals surface area contributed by atoms with Crippen LogP contribution in [0.5, 0.6) is 0 Å². The van der Waals surface area contributed by atoms with Gasteiger partial charge >= 0.3 is 12.1 Å². The molecule has 5 nitrogen and oxygen atoms in total. The Hall–Kier alpha value is -1.45. The number of carbonyl (C=O) groups is 1. The molecule has 72 valence electrons. The zero-order valence-corrected chi connectivity index (χ0v) is 8.02. The maximum absolute atomic E-state index is 10.9. The Bertz CT molecular complexity index is 250. The minimum atomic E-state index is -0.510. The van der Waals surface area contributed by atoms with Crippen LogP contribution in [0, 0.1) is 0 Å². The van der Waals surface area contributed by atoms with Crippen LogP contribution in [-0.4, -0.2) is 35.6 Å². The minimum absolute atomic E-state index is 0.323. The molecule has 0 aliphatic carbocycles. The number of hydroxylamine groups is 2. The van der Waals surface area contributed by atoms with Gasteiger partial charge in [0.05, 0.1) is 6.61 Å². The van der Waals surface area contributed by atoms with Crippen LogP contribution in [0.25, 0.3) is 5.53 Å². The summed E-state index contributed by atoms with van der Waals surface area (Å²) in [6, 6.07) is 0. The largest absolute Gasteiger partial charge is 0.361 e. The number of carbonyl (C=O) groups excluding carboxylic acids is 1. The van der Waals surface area contributed by atoms with E-state index in [1.54, 1.807) is 0 Å². The summed E-state index contributed by atoms with van der Waals surface area (Å²) in [6.07, 6.45) is 2.60. The van der Waals surface area contributed by atoms with Gasteiger partial charge in [0.15, 0.2) is 0 Å². The molecule has 0 N–H and O–H groups in total. The number of hydrogen-bond acceptors (Lipinski definition) is 2. The number of rotatable bonds is 4. The van der Waals surface area contributed by atoms with E-state index >= 15 is 0 Å². The van der Waals surface area contributed by atoms with Crippen molar-refractivity contribution in [2.75, 3.05) is 13.7 Å². The van der Waals surface area contributed by atoms with E-state index in [2.05, 4.69) is 4.79 Å². The predicted octanol–water partition coefficient (Wildman–Crippen LogP) is 0.643. The van der Waals surface area contributed by atoms with E-state index in [0.717, 1.165) is 16.9 Å². The van der Waals surface area contributed by atoms with Gasteiger partial charge in [-0.2, -0.15) is 4.79 Å². The van der Waals surface area contributed by atoms with E-state index in [1.165, 1.54) is 7.05 Å². The molecule has 0 aromatic heterocycles. The third-order valence-electron chi connectivity index (χ3n) is 1.24. The first kappa shape index (κ1) is 11.6. The average Bonchev–Trinajstić information content (AvgIpc) is 2.04. The number of amides is 1. The van der Waals surface area contributed by atoms with Crippen molar-refractivity contribution >= 4 is 12.1 Å². The Kier molecular flexibility index (Phi) is 5.43. The Morgan fingerprint density at radius 2 is 2.23 bits per heavy atom. The van der Waals surface area contributed by atoms with Crippen LogP contribution < -0.4 is 0 Å². The summed E-state index contributed by atoms with van der Waals surface area (Å²) in [5, 5.41) is 0.999. The van der Waals surface area contributed by atoms with Crippen molar-refractivity contribution in [3.63, 3.8) is 0 Å². The molecule has 0 atom stereocenters. The lowest BCUT2D eigenvalue weighted by atomic mass is 10.3. The third-order valence-corrected chi connectivity index (χ3v) is 1.24. The lowest BCUT2D eigenvalue weighted by Crippen LogP contribution is -2.28. The van der Waals surface area contributed by atoms with Crippen molar-refractivity contribution in [2.24, 2.45) is 0 Å². The normalized spacial score (nSPS) is 8.54. The van der Waals surface area contributed by atoms with Crippen LogP contribution in [0.1, 0.15) is 13.8 Å². The molecule has 0 aliphatic heterocycles. The molecular formula is C8H13N3O2. The van der Waals surface area contributed by atoms with Crippen molar-refractivity contribution in [3.05, 3.63) is 17.2 Å².